The molecule has 2 rings (SSSR count). The number of hydrogen-bond acceptors (Lipinski definition) is 4. The Morgan fingerprint density at radius 1 is 1.69 bits per heavy atom. The molecule has 0 aliphatic carbocycles. The molecule has 1 atom stereocenters. The van der Waals surface area contributed by atoms with Gasteiger partial charge in [0.15, 0.2) is 5.69 Å². The first-order valence-corrected chi connectivity index (χ1v) is 5.52. The van der Waals surface area contributed by atoms with Crippen LogP contribution in [0.5, 0.6) is 0 Å². The second-order valence-corrected chi connectivity index (χ2v) is 4.22. The van der Waals surface area contributed by atoms with Crippen molar-refractivity contribution in [2.75, 3.05) is 13.1 Å². The molecule has 1 fully saturated rings. The number of piperidine rings is 1. The van der Waals surface area contributed by atoms with Crippen molar-refractivity contribution in [2.45, 2.75) is 26.3 Å². The van der Waals surface area contributed by atoms with E-state index in [2.05, 4.69) is 15.6 Å². The van der Waals surface area contributed by atoms with Crippen molar-refractivity contribution in [3.05, 3.63) is 11.4 Å². The maximum atomic E-state index is 10.8. The summed E-state index contributed by atoms with van der Waals surface area (Å²) in [5.41, 5.74) is 0.696. The summed E-state index contributed by atoms with van der Waals surface area (Å²) in [6, 6.07) is 0. The monoisotopic (exact) mass is 224 g/mol. The highest BCUT2D eigenvalue weighted by atomic mass is 16.4. The van der Waals surface area contributed by atoms with Gasteiger partial charge in [0.05, 0.1) is 5.69 Å². The lowest BCUT2D eigenvalue weighted by Crippen LogP contribution is -2.32. The van der Waals surface area contributed by atoms with Crippen LogP contribution in [0, 0.1) is 12.8 Å². The molecule has 0 saturated carbocycles. The van der Waals surface area contributed by atoms with Gasteiger partial charge in [-0.25, -0.2) is 9.48 Å². The third-order valence-corrected chi connectivity index (χ3v) is 3.02. The van der Waals surface area contributed by atoms with Crippen LogP contribution in [0.3, 0.4) is 0 Å². The zero-order valence-corrected chi connectivity index (χ0v) is 9.31. The Labute approximate surface area is 93.6 Å². The quantitative estimate of drug-likeness (QED) is 0.771. The Balaban J connectivity index is 2.06. The van der Waals surface area contributed by atoms with Crippen molar-refractivity contribution in [3.63, 3.8) is 0 Å². The molecule has 1 unspecified atom stereocenters. The van der Waals surface area contributed by atoms with E-state index < -0.39 is 5.97 Å². The van der Waals surface area contributed by atoms with E-state index in [0.29, 0.717) is 11.6 Å². The third kappa shape index (κ3) is 2.21. The van der Waals surface area contributed by atoms with Crippen LogP contribution in [-0.2, 0) is 6.54 Å². The predicted octanol–water partition coefficient (Wildman–Crippen LogP) is 0.284. The van der Waals surface area contributed by atoms with Crippen molar-refractivity contribution in [1.82, 2.24) is 20.3 Å². The minimum Gasteiger partial charge on any atom is -0.476 e. The van der Waals surface area contributed by atoms with Crippen LogP contribution < -0.4 is 5.32 Å². The molecule has 0 aromatic carbocycles. The van der Waals surface area contributed by atoms with E-state index in [0.717, 1.165) is 26.1 Å². The van der Waals surface area contributed by atoms with Gasteiger partial charge in [-0.15, -0.1) is 5.10 Å². The van der Waals surface area contributed by atoms with Crippen LogP contribution in [0.1, 0.15) is 29.0 Å². The number of hydrogen-bond donors (Lipinski definition) is 2. The highest BCUT2D eigenvalue weighted by Crippen LogP contribution is 2.14. The van der Waals surface area contributed by atoms with Crippen molar-refractivity contribution < 1.29 is 9.90 Å². The summed E-state index contributed by atoms with van der Waals surface area (Å²) in [7, 11) is 0. The van der Waals surface area contributed by atoms with Crippen LogP contribution >= 0.6 is 0 Å². The van der Waals surface area contributed by atoms with Gasteiger partial charge in [-0.1, -0.05) is 5.21 Å². The summed E-state index contributed by atoms with van der Waals surface area (Å²) in [5.74, 6) is -0.485. The van der Waals surface area contributed by atoms with E-state index in [9.17, 15) is 4.79 Å². The summed E-state index contributed by atoms with van der Waals surface area (Å²) in [6.45, 7) is 4.55. The smallest absolute Gasteiger partial charge is 0.358 e. The molecule has 2 heterocycles. The molecule has 1 saturated heterocycles. The lowest BCUT2D eigenvalue weighted by molar-refractivity contribution is 0.0689. The van der Waals surface area contributed by atoms with Gasteiger partial charge in [0, 0.05) is 6.54 Å². The number of carbonyl (C=O) groups is 1. The summed E-state index contributed by atoms with van der Waals surface area (Å²) in [5, 5.41) is 19.7. The highest BCUT2D eigenvalue weighted by molar-refractivity contribution is 5.86. The van der Waals surface area contributed by atoms with Crippen LogP contribution in [0.25, 0.3) is 0 Å². The van der Waals surface area contributed by atoms with Crippen LogP contribution in [-0.4, -0.2) is 39.2 Å². The maximum Gasteiger partial charge on any atom is 0.358 e. The average molecular weight is 224 g/mol. The van der Waals surface area contributed by atoms with Crippen molar-refractivity contribution >= 4 is 5.97 Å². The molecule has 6 nitrogen and oxygen atoms in total. The zero-order chi connectivity index (χ0) is 11.5. The van der Waals surface area contributed by atoms with Gasteiger partial charge in [0.25, 0.3) is 0 Å². The predicted molar refractivity (Wildman–Crippen MR) is 57.3 cm³/mol. The van der Waals surface area contributed by atoms with E-state index in [-0.39, 0.29) is 5.69 Å². The standard InChI is InChI=1S/C10H16N4O2/c1-7-9(10(15)16)12-13-14(7)6-8-3-2-4-11-5-8/h8,11H,2-6H2,1H3,(H,15,16). The lowest BCUT2D eigenvalue weighted by Gasteiger charge is -2.22. The lowest BCUT2D eigenvalue weighted by atomic mass is 10.00. The Bertz CT molecular complexity index is 382. The number of carboxylic acids is 1. The topological polar surface area (TPSA) is 80.0 Å². The average Bonchev–Trinajstić information content (AvgIpc) is 2.62. The number of nitrogens with one attached hydrogen (secondary N) is 1. The number of aromatic carboxylic acids is 1. The van der Waals surface area contributed by atoms with Crippen molar-refractivity contribution in [3.8, 4) is 0 Å². The van der Waals surface area contributed by atoms with Gasteiger partial charge in [0.1, 0.15) is 0 Å². The van der Waals surface area contributed by atoms with E-state index >= 15 is 0 Å². The molecule has 1 aromatic heterocycles. The first-order chi connectivity index (χ1) is 7.68. The fourth-order valence-corrected chi connectivity index (χ4v) is 2.06. The van der Waals surface area contributed by atoms with Gasteiger partial charge in [-0.05, 0) is 38.8 Å². The first kappa shape index (κ1) is 11.1. The molecule has 0 radical (unpaired) electrons. The van der Waals surface area contributed by atoms with Gasteiger partial charge in [-0.3, -0.25) is 0 Å². The number of nitrogens with zero attached hydrogens (tertiary/aromatic N) is 3. The maximum absolute atomic E-state index is 10.8. The Kier molecular flexibility index (Phi) is 3.19. The molecule has 16 heavy (non-hydrogen) atoms. The molecule has 1 aliphatic rings. The SMILES string of the molecule is Cc1c(C(=O)O)nnn1CC1CCCNC1. The third-order valence-electron chi connectivity index (χ3n) is 3.02. The molecular formula is C10H16N4O2. The molecule has 0 bridgehead atoms. The van der Waals surface area contributed by atoms with E-state index in [4.69, 9.17) is 5.11 Å². The van der Waals surface area contributed by atoms with Crippen LogP contribution in [0.2, 0.25) is 0 Å². The number of rotatable bonds is 3. The van der Waals surface area contributed by atoms with Gasteiger partial charge < -0.3 is 10.4 Å². The minimum atomic E-state index is -1.01. The molecule has 88 valence electrons. The van der Waals surface area contributed by atoms with Gasteiger partial charge in [-0.2, -0.15) is 0 Å². The summed E-state index contributed by atoms with van der Waals surface area (Å²) >= 11 is 0. The Morgan fingerprint density at radius 3 is 3.06 bits per heavy atom. The summed E-state index contributed by atoms with van der Waals surface area (Å²) in [4.78, 5) is 10.8. The van der Waals surface area contributed by atoms with E-state index in [1.165, 1.54) is 6.42 Å². The van der Waals surface area contributed by atoms with E-state index in [1.807, 2.05) is 0 Å². The summed E-state index contributed by atoms with van der Waals surface area (Å²) in [6.07, 6.45) is 2.33. The first-order valence-electron chi connectivity index (χ1n) is 5.52. The van der Waals surface area contributed by atoms with Crippen LogP contribution in [0.15, 0.2) is 0 Å². The zero-order valence-electron chi connectivity index (χ0n) is 9.31. The number of carboxylic acid groups (broad SMARTS) is 1. The highest BCUT2D eigenvalue weighted by Gasteiger charge is 2.19. The van der Waals surface area contributed by atoms with Crippen molar-refractivity contribution in [2.24, 2.45) is 5.92 Å². The summed E-state index contributed by atoms with van der Waals surface area (Å²) < 4.78 is 1.70. The van der Waals surface area contributed by atoms with Crippen LogP contribution in [0.4, 0.5) is 0 Å². The molecule has 0 spiro atoms. The second kappa shape index (κ2) is 4.61. The molecule has 0 amide bonds. The van der Waals surface area contributed by atoms with Gasteiger partial charge >= 0.3 is 5.97 Å². The van der Waals surface area contributed by atoms with Crippen molar-refractivity contribution in [1.29, 1.82) is 0 Å². The fraction of sp³-hybridized carbons (Fsp3) is 0.700. The molecule has 1 aromatic rings. The largest absolute Gasteiger partial charge is 0.476 e. The van der Waals surface area contributed by atoms with E-state index in [1.54, 1.807) is 11.6 Å². The Morgan fingerprint density at radius 2 is 2.50 bits per heavy atom. The fourth-order valence-electron chi connectivity index (χ4n) is 2.06. The molecular weight excluding hydrogens is 208 g/mol. The normalized spacial score (nSPS) is 20.9. The molecule has 6 heteroatoms. The van der Waals surface area contributed by atoms with Gasteiger partial charge in [0.2, 0.25) is 0 Å². The number of aromatic nitrogens is 3. The minimum absolute atomic E-state index is 0.0590. The second-order valence-electron chi connectivity index (χ2n) is 4.22. The molecule has 2 N–H and O–H groups in total. The molecule has 1 aliphatic heterocycles. The Hall–Kier alpha value is -1.43.